The van der Waals surface area contributed by atoms with Crippen molar-refractivity contribution in [1.29, 1.82) is 0 Å². The number of carbonyl (C=O) groups is 1. The van der Waals surface area contributed by atoms with Crippen molar-refractivity contribution in [3.05, 3.63) is 48.5 Å². The predicted octanol–water partition coefficient (Wildman–Crippen LogP) is 3.53. The number of likely N-dealkylation sites (N-methyl/N-ethyl adjacent to an activating group) is 2. The van der Waals surface area contributed by atoms with Gasteiger partial charge in [0, 0.05) is 25.3 Å². The quantitative estimate of drug-likeness (QED) is 0.927. The largest absolute Gasteiger partial charge is 0.497 e. The van der Waals surface area contributed by atoms with E-state index in [4.69, 9.17) is 4.74 Å². The lowest BCUT2D eigenvalue weighted by Gasteiger charge is -2.24. The van der Waals surface area contributed by atoms with Gasteiger partial charge in [-0.05, 0) is 55.4 Å². The van der Waals surface area contributed by atoms with Gasteiger partial charge in [0.2, 0.25) is 0 Å². The summed E-state index contributed by atoms with van der Waals surface area (Å²) in [6, 6.07) is 16.0. The highest BCUT2D eigenvalue weighted by Crippen LogP contribution is 2.26. The minimum Gasteiger partial charge on any atom is -0.497 e. The maximum absolute atomic E-state index is 12.5. The average Bonchev–Trinajstić information content (AvgIpc) is 3.07. The number of rotatable bonds is 4. The molecule has 1 fully saturated rings. The Morgan fingerprint density at radius 2 is 1.92 bits per heavy atom. The lowest BCUT2D eigenvalue weighted by molar-refractivity contribution is 0.204. The van der Waals surface area contributed by atoms with Crippen LogP contribution in [0.4, 0.5) is 10.5 Å². The summed E-state index contributed by atoms with van der Waals surface area (Å²) in [7, 11) is 5.61. The second-order valence-electron chi connectivity index (χ2n) is 6.56. The molecule has 1 aliphatic rings. The number of amides is 2. The second kappa shape index (κ2) is 7.57. The molecule has 1 heterocycles. The van der Waals surface area contributed by atoms with E-state index in [2.05, 4.69) is 17.3 Å². The highest BCUT2D eigenvalue weighted by Gasteiger charge is 2.26. The summed E-state index contributed by atoms with van der Waals surface area (Å²) in [5.74, 6) is 0.817. The SMILES string of the molecule is COc1cccc(-c2cccc(NC(=O)N(C)[C@@H]3CCN(C)C3)c2)c1. The van der Waals surface area contributed by atoms with Crippen LogP contribution < -0.4 is 10.1 Å². The van der Waals surface area contributed by atoms with Crippen LogP contribution in [0.3, 0.4) is 0 Å². The number of methoxy groups -OCH3 is 1. The lowest BCUT2D eigenvalue weighted by Crippen LogP contribution is -2.41. The van der Waals surface area contributed by atoms with E-state index in [1.807, 2.05) is 60.5 Å². The summed E-state index contributed by atoms with van der Waals surface area (Å²) in [6.45, 7) is 1.96. The number of nitrogens with one attached hydrogen (secondary N) is 1. The van der Waals surface area contributed by atoms with Gasteiger partial charge < -0.3 is 19.9 Å². The van der Waals surface area contributed by atoms with Crippen molar-refractivity contribution in [1.82, 2.24) is 9.80 Å². The fraction of sp³-hybridized carbons (Fsp3) is 0.350. The Morgan fingerprint density at radius 1 is 1.20 bits per heavy atom. The summed E-state index contributed by atoms with van der Waals surface area (Å²) >= 11 is 0. The van der Waals surface area contributed by atoms with Crippen molar-refractivity contribution in [2.24, 2.45) is 0 Å². The van der Waals surface area contributed by atoms with Crippen LogP contribution in [0.25, 0.3) is 11.1 Å². The van der Waals surface area contributed by atoms with Crippen molar-refractivity contribution >= 4 is 11.7 Å². The third kappa shape index (κ3) is 4.12. The molecule has 0 saturated carbocycles. The molecule has 1 aliphatic heterocycles. The number of benzene rings is 2. The first kappa shape index (κ1) is 17.3. The minimum atomic E-state index is -0.0666. The first-order valence-electron chi connectivity index (χ1n) is 8.53. The zero-order chi connectivity index (χ0) is 17.8. The van der Waals surface area contributed by atoms with E-state index >= 15 is 0 Å². The van der Waals surface area contributed by atoms with E-state index in [9.17, 15) is 4.79 Å². The van der Waals surface area contributed by atoms with Crippen LogP contribution in [0, 0.1) is 0 Å². The van der Waals surface area contributed by atoms with E-state index in [1.165, 1.54) is 0 Å². The molecule has 2 aromatic carbocycles. The van der Waals surface area contributed by atoms with Gasteiger partial charge >= 0.3 is 6.03 Å². The highest BCUT2D eigenvalue weighted by molar-refractivity contribution is 5.90. The van der Waals surface area contributed by atoms with Gasteiger partial charge in [0.15, 0.2) is 0 Å². The standard InChI is InChI=1S/C20H25N3O2/c1-22-11-10-18(14-22)23(2)20(24)21-17-8-4-6-15(12-17)16-7-5-9-19(13-16)25-3/h4-9,12-13,18H,10-11,14H2,1-3H3,(H,21,24)/t18-/m1/s1. The molecular weight excluding hydrogens is 314 g/mol. The first-order valence-corrected chi connectivity index (χ1v) is 8.53. The molecule has 5 nitrogen and oxygen atoms in total. The molecular formula is C20H25N3O2. The second-order valence-corrected chi connectivity index (χ2v) is 6.56. The molecule has 0 spiro atoms. The molecule has 2 amide bonds. The minimum absolute atomic E-state index is 0.0666. The molecule has 25 heavy (non-hydrogen) atoms. The van der Waals surface area contributed by atoms with Crippen LogP contribution in [0.2, 0.25) is 0 Å². The molecule has 0 radical (unpaired) electrons. The van der Waals surface area contributed by atoms with Crippen LogP contribution in [0.1, 0.15) is 6.42 Å². The summed E-state index contributed by atoms with van der Waals surface area (Å²) in [6.07, 6.45) is 1.02. The smallest absolute Gasteiger partial charge is 0.321 e. The normalized spacial score (nSPS) is 17.3. The number of likely N-dealkylation sites (tertiary alicyclic amines) is 1. The van der Waals surface area contributed by atoms with Gasteiger partial charge in [0.05, 0.1) is 7.11 Å². The molecule has 5 heteroatoms. The van der Waals surface area contributed by atoms with Gasteiger partial charge in [-0.15, -0.1) is 0 Å². The maximum atomic E-state index is 12.5. The summed E-state index contributed by atoms with van der Waals surface area (Å²) in [5, 5.41) is 3.01. The average molecular weight is 339 g/mol. The van der Waals surface area contributed by atoms with Gasteiger partial charge in [0.25, 0.3) is 0 Å². The third-order valence-corrected chi connectivity index (χ3v) is 4.75. The Labute approximate surface area is 149 Å². The Bertz CT molecular complexity index is 747. The van der Waals surface area contributed by atoms with Crippen molar-refractivity contribution in [3.63, 3.8) is 0 Å². The Kier molecular flexibility index (Phi) is 5.24. The summed E-state index contributed by atoms with van der Waals surface area (Å²) < 4.78 is 5.29. The number of nitrogens with zero attached hydrogens (tertiary/aromatic N) is 2. The number of ether oxygens (including phenoxy) is 1. The molecule has 3 rings (SSSR count). The van der Waals surface area contributed by atoms with Crippen LogP contribution in [-0.2, 0) is 0 Å². The fourth-order valence-corrected chi connectivity index (χ4v) is 3.18. The maximum Gasteiger partial charge on any atom is 0.321 e. The van der Waals surface area contributed by atoms with Crippen molar-refractivity contribution in [2.45, 2.75) is 12.5 Å². The van der Waals surface area contributed by atoms with E-state index in [-0.39, 0.29) is 12.1 Å². The van der Waals surface area contributed by atoms with Gasteiger partial charge in [-0.1, -0.05) is 24.3 Å². The van der Waals surface area contributed by atoms with Gasteiger partial charge in [-0.2, -0.15) is 0 Å². The Hall–Kier alpha value is -2.53. The van der Waals surface area contributed by atoms with Crippen molar-refractivity contribution < 1.29 is 9.53 Å². The Balaban J connectivity index is 1.72. The van der Waals surface area contributed by atoms with Crippen LogP contribution in [0.5, 0.6) is 5.75 Å². The molecule has 0 aliphatic carbocycles. The third-order valence-electron chi connectivity index (χ3n) is 4.75. The predicted molar refractivity (Wildman–Crippen MR) is 101 cm³/mol. The number of carbonyl (C=O) groups excluding carboxylic acids is 1. The number of hydrogen-bond donors (Lipinski definition) is 1. The van der Waals surface area contributed by atoms with Crippen LogP contribution >= 0.6 is 0 Å². The van der Waals surface area contributed by atoms with Crippen LogP contribution in [-0.4, -0.2) is 56.2 Å². The van der Waals surface area contributed by atoms with Gasteiger partial charge in [-0.25, -0.2) is 4.79 Å². The van der Waals surface area contributed by atoms with E-state index in [1.54, 1.807) is 7.11 Å². The zero-order valence-electron chi connectivity index (χ0n) is 15.0. The number of urea groups is 1. The van der Waals surface area contributed by atoms with Crippen molar-refractivity contribution in [3.8, 4) is 16.9 Å². The molecule has 132 valence electrons. The molecule has 2 aromatic rings. The molecule has 0 bridgehead atoms. The van der Waals surface area contributed by atoms with Gasteiger partial charge in [-0.3, -0.25) is 0 Å². The molecule has 0 aromatic heterocycles. The lowest BCUT2D eigenvalue weighted by atomic mass is 10.0. The molecule has 1 atom stereocenters. The highest BCUT2D eigenvalue weighted by atomic mass is 16.5. The number of anilines is 1. The first-order chi connectivity index (χ1) is 12.1. The molecule has 0 unspecified atom stereocenters. The summed E-state index contributed by atoms with van der Waals surface area (Å²) in [5.41, 5.74) is 2.89. The topological polar surface area (TPSA) is 44.8 Å². The van der Waals surface area contributed by atoms with E-state index < -0.39 is 0 Å². The van der Waals surface area contributed by atoms with Crippen molar-refractivity contribution in [2.75, 3.05) is 39.6 Å². The summed E-state index contributed by atoms with van der Waals surface area (Å²) in [4.78, 5) is 16.6. The van der Waals surface area contributed by atoms with Gasteiger partial charge in [0.1, 0.15) is 5.75 Å². The van der Waals surface area contributed by atoms with Crippen LogP contribution in [0.15, 0.2) is 48.5 Å². The zero-order valence-corrected chi connectivity index (χ0v) is 15.0. The molecule has 1 saturated heterocycles. The number of hydrogen-bond acceptors (Lipinski definition) is 3. The monoisotopic (exact) mass is 339 g/mol. The fourth-order valence-electron chi connectivity index (χ4n) is 3.18. The molecule has 1 N–H and O–H groups in total. The Morgan fingerprint density at radius 3 is 2.60 bits per heavy atom. The van der Waals surface area contributed by atoms with E-state index in [0.29, 0.717) is 0 Å². The van der Waals surface area contributed by atoms with E-state index in [0.717, 1.165) is 42.1 Å².